The fourth-order valence-corrected chi connectivity index (χ4v) is 4.67. The summed E-state index contributed by atoms with van der Waals surface area (Å²) in [6, 6.07) is 24.0. The Hall–Kier alpha value is -3.59. The molecule has 28 heavy (non-hydrogen) atoms. The molecule has 5 rings (SSSR count). The van der Waals surface area contributed by atoms with Crippen LogP contribution >= 0.6 is 0 Å². The lowest BCUT2D eigenvalue weighted by molar-refractivity contribution is -0.115. The molecule has 0 amide bonds. The third-order valence-corrected chi connectivity index (χ3v) is 5.82. The van der Waals surface area contributed by atoms with E-state index in [2.05, 4.69) is 18.2 Å². The predicted octanol–water partition coefficient (Wildman–Crippen LogP) is 4.48. The summed E-state index contributed by atoms with van der Waals surface area (Å²) in [5.74, 6) is 0.155. The van der Waals surface area contributed by atoms with Gasteiger partial charge >= 0.3 is 0 Å². The fourth-order valence-electron chi connectivity index (χ4n) is 4.67. The molecule has 136 valence electrons. The van der Waals surface area contributed by atoms with Crippen LogP contribution in [0.4, 0.5) is 11.4 Å². The summed E-state index contributed by atoms with van der Waals surface area (Å²) < 4.78 is 0. The van der Waals surface area contributed by atoms with Crippen LogP contribution in [0.25, 0.3) is 5.57 Å². The van der Waals surface area contributed by atoms with Crippen LogP contribution in [0.5, 0.6) is 0 Å². The first-order valence-corrected chi connectivity index (χ1v) is 9.39. The first kappa shape index (κ1) is 16.6. The van der Waals surface area contributed by atoms with E-state index in [1.54, 1.807) is 0 Å². The molecule has 2 aliphatic carbocycles. The van der Waals surface area contributed by atoms with Gasteiger partial charge in [-0.15, -0.1) is 0 Å². The SMILES string of the molecule is Nc1ccc(C2(c3ccc(N)cc3)C3=C(C=CCC3=O)c3ccccc32)cc1. The molecule has 0 saturated heterocycles. The molecular formula is C25H20N2O. The molecule has 4 N–H and O–H groups in total. The van der Waals surface area contributed by atoms with E-state index in [0.717, 1.165) is 33.4 Å². The first-order valence-electron chi connectivity index (χ1n) is 9.39. The summed E-state index contributed by atoms with van der Waals surface area (Å²) in [6.45, 7) is 0. The number of nitrogen functional groups attached to an aromatic ring is 2. The molecule has 0 bridgehead atoms. The Bertz CT molecular complexity index is 1110. The normalized spacial score (nSPS) is 16.8. The number of allylic oxidation sites excluding steroid dienone is 4. The number of anilines is 2. The molecule has 2 aliphatic rings. The summed E-state index contributed by atoms with van der Waals surface area (Å²) >= 11 is 0. The largest absolute Gasteiger partial charge is 0.399 e. The maximum atomic E-state index is 13.3. The van der Waals surface area contributed by atoms with Crippen molar-refractivity contribution in [3.05, 3.63) is 113 Å². The lowest BCUT2D eigenvalue weighted by Crippen LogP contribution is -2.33. The van der Waals surface area contributed by atoms with Gasteiger partial charge in [0.1, 0.15) is 0 Å². The molecule has 0 unspecified atom stereocenters. The van der Waals surface area contributed by atoms with Gasteiger partial charge in [0.15, 0.2) is 5.78 Å². The number of hydrogen-bond donors (Lipinski definition) is 2. The molecule has 0 aliphatic heterocycles. The molecule has 0 spiro atoms. The van der Waals surface area contributed by atoms with Gasteiger partial charge in [0.25, 0.3) is 0 Å². The molecule has 3 aromatic rings. The van der Waals surface area contributed by atoms with E-state index in [-0.39, 0.29) is 5.78 Å². The Morgan fingerprint density at radius 3 is 1.93 bits per heavy atom. The lowest BCUT2D eigenvalue weighted by Gasteiger charge is -2.35. The minimum atomic E-state index is -0.671. The highest BCUT2D eigenvalue weighted by molar-refractivity contribution is 6.14. The third-order valence-electron chi connectivity index (χ3n) is 5.82. The highest BCUT2D eigenvalue weighted by Gasteiger charge is 2.50. The smallest absolute Gasteiger partial charge is 0.164 e. The average Bonchev–Trinajstić information content (AvgIpc) is 3.02. The van der Waals surface area contributed by atoms with Gasteiger partial charge in [-0.05, 0) is 52.1 Å². The summed E-state index contributed by atoms with van der Waals surface area (Å²) in [6.07, 6.45) is 4.46. The molecule has 0 aromatic heterocycles. The van der Waals surface area contributed by atoms with Crippen molar-refractivity contribution >= 4 is 22.7 Å². The van der Waals surface area contributed by atoms with Gasteiger partial charge in [-0.2, -0.15) is 0 Å². The van der Waals surface area contributed by atoms with Crippen LogP contribution in [0.2, 0.25) is 0 Å². The van der Waals surface area contributed by atoms with Gasteiger partial charge in [-0.25, -0.2) is 0 Å². The number of hydrogen-bond acceptors (Lipinski definition) is 3. The molecule has 0 atom stereocenters. The van der Waals surface area contributed by atoms with E-state index in [1.165, 1.54) is 0 Å². The van der Waals surface area contributed by atoms with Crippen molar-refractivity contribution in [1.29, 1.82) is 0 Å². The third kappa shape index (κ3) is 2.13. The van der Waals surface area contributed by atoms with Crippen LogP contribution in [0.3, 0.4) is 0 Å². The van der Waals surface area contributed by atoms with Crippen molar-refractivity contribution in [3.63, 3.8) is 0 Å². The fraction of sp³-hybridized carbons (Fsp3) is 0.0800. The second kappa shape index (κ2) is 5.96. The number of nitrogens with two attached hydrogens (primary N) is 2. The van der Waals surface area contributed by atoms with Crippen molar-refractivity contribution in [2.24, 2.45) is 0 Å². The van der Waals surface area contributed by atoms with E-state index in [4.69, 9.17) is 11.5 Å². The highest BCUT2D eigenvalue weighted by atomic mass is 16.1. The first-order chi connectivity index (χ1) is 13.6. The predicted molar refractivity (Wildman–Crippen MR) is 114 cm³/mol. The number of fused-ring (bicyclic) bond motifs is 2. The molecule has 0 heterocycles. The summed E-state index contributed by atoms with van der Waals surface area (Å²) in [5, 5.41) is 0. The van der Waals surface area contributed by atoms with Gasteiger partial charge in [-0.3, -0.25) is 4.79 Å². The molecule has 3 heteroatoms. The molecule has 0 fully saturated rings. The monoisotopic (exact) mass is 364 g/mol. The van der Waals surface area contributed by atoms with Crippen molar-refractivity contribution in [1.82, 2.24) is 0 Å². The minimum absolute atomic E-state index is 0.155. The number of carbonyl (C=O) groups excluding carboxylic acids is 1. The minimum Gasteiger partial charge on any atom is -0.399 e. The maximum absolute atomic E-state index is 13.3. The Morgan fingerprint density at radius 2 is 1.32 bits per heavy atom. The van der Waals surface area contributed by atoms with Crippen LogP contribution < -0.4 is 11.5 Å². The van der Waals surface area contributed by atoms with Crippen molar-refractivity contribution in [3.8, 4) is 0 Å². The van der Waals surface area contributed by atoms with Crippen LogP contribution in [0.15, 0.2) is 90.5 Å². The zero-order valence-electron chi connectivity index (χ0n) is 15.4. The second-order valence-electron chi connectivity index (χ2n) is 7.36. The maximum Gasteiger partial charge on any atom is 0.164 e. The van der Waals surface area contributed by atoms with Gasteiger partial charge in [0.05, 0.1) is 5.41 Å². The molecule has 3 aromatic carbocycles. The number of benzene rings is 3. The van der Waals surface area contributed by atoms with Gasteiger partial charge < -0.3 is 11.5 Å². The molecule has 3 nitrogen and oxygen atoms in total. The molecule has 0 radical (unpaired) electrons. The Labute approximate surface area is 164 Å². The topological polar surface area (TPSA) is 69.1 Å². The van der Waals surface area contributed by atoms with Crippen LogP contribution in [0.1, 0.15) is 28.7 Å². The standard InChI is InChI=1S/C25H20N2O/c26-18-12-8-16(9-13-18)25(17-10-14-19(27)15-11-17)22-6-2-1-4-20(22)21-5-3-7-23(28)24(21)25/h1-6,8-15H,7,26-27H2. The summed E-state index contributed by atoms with van der Waals surface area (Å²) in [5.41, 5.74) is 18.8. The number of carbonyl (C=O) groups is 1. The Morgan fingerprint density at radius 1 is 0.750 bits per heavy atom. The van der Waals surface area contributed by atoms with Gasteiger partial charge in [0.2, 0.25) is 0 Å². The van der Waals surface area contributed by atoms with E-state index < -0.39 is 5.41 Å². The quantitative estimate of drug-likeness (QED) is 0.659. The number of rotatable bonds is 2. The lowest BCUT2D eigenvalue weighted by atomic mass is 9.65. The Kier molecular flexibility index (Phi) is 3.53. The van der Waals surface area contributed by atoms with Gasteiger partial charge in [-0.1, -0.05) is 60.7 Å². The number of ketones is 1. The van der Waals surface area contributed by atoms with Crippen LogP contribution in [0, 0.1) is 0 Å². The van der Waals surface area contributed by atoms with E-state index in [1.807, 2.05) is 66.7 Å². The van der Waals surface area contributed by atoms with E-state index in [0.29, 0.717) is 17.8 Å². The highest BCUT2D eigenvalue weighted by Crippen LogP contribution is 2.56. The van der Waals surface area contributed by atoms with E-state index in [9.17, 15) is 4.79 Å². The van der Waals surface area contributed by atoms with Gasteiger partial charge in [0, 0.05) is 23.4 Å². The zero-order chi connectivity index (χ0) is 19.3. The molecular weight excluding hydrogens is 344 g/mol. The summed E-state index contributed by atoms with van der Waals surface area (Å²) in [4.78, 5) is 13.3. The summed E-state index contributed by atoms with van der Waals surface area (Å²) in [7, 11) is 0. The van der Waals surface area contributed by atoms with Crippen LogP contribution in [-0.2, 0) is 10.2 Å². The Balaban J connectivity index is 1.94. The second-order valence-corrected chi connectivity index (χ2v) is 7.36. The van der Waals surface area contributed by atoms with Crippen molar-refractivity contribution in [2.75, 3.05) is 11.5 Å². The van der Waals surface area contributed by atoms with E-state index >= 15 is 0 Å². The molecule has 0 saturated carbocycles. The number of Topliss-reactive ketones (excluding diaryl/α,β-unsaturated/α-hetero) is 1. The zero-order valence-corrected chi connectivity index (χ0v) is 15.4. The van der Waals surface area contributed by atoms with Crippen molar-refractivity contribution < 1.29 is 4.79 Å². The average molecular weight is 364 g/mol. The van der Waals surface area contributed by atoms with Crippen LogP contribution in [-0.4, -0.2) is 5.78 Å². The van der Waals surface area contributed by atoms with Crippen molar-refractivity contribution in [2.45, 2.75) is 11.8 Å².